The SMILES string of the molecule is O=C(C=Cc1ccccc1)N1CCC(C(=O)N2CCN(C(=O)c3ccco3)CC2)CC1. The number of hydrogen-bond acceptors (Lipinski definition) is 4. The lowest BCUT2D eigenvalue weighted by Gasteiger charge is -2.38. The number of piperazine rings is 1. The van der Waals surface area contributed by atoms with Gasteiger partial charge in [0.2, 0.25) is 11.8 Å². The highest BCUT2D eigenvalue weighted by molar-refractivity contribution is 5.92. The average Bonchev–Trinajstić information content (AvgIpc) is 3.37. The van der Waals surface area contributed by atoms with Crippen LogP contribution in [0.15, 0.2) is 59.2 Å². The first kappa shape index (κ1) is 20.9. The number of furan rings is 1. The lowest BCUT2D eigenvalue weighted by molar-refractivity contribution is -0.140. The van der Waals surface area contributed by atoms with Gasteiger partial charge in [0.25, 0.3) is 5.91 Å². The maximum Gasteiger partial charge on any atom is 0.289 e. The fourth-order valence-corrected chi connectivity index (χ4v) is 4.13. The molecule has 0 atom stereocenters. The van der Waals surface area contributed by atoms with Gasteiger partial charge < -0.3 is 19.1 Å². The second-order valence-corrected chi connectivity index (χ2v) is 7.94. The lowest BCUT2D eigenvalue weighted by Crippen LogP contribution is -2.53. The van der Waals surface area contributed by atoms with Gasteiger partial charge in [-0.25, -0.2) is 0 Å². The number of carbonyl (C=O) groups excluding carboxylic acids is 3. The van der Waals surface area contributed by atoms with E-state index in [1.165, 1.54) is 6.26 Å². The van der Waals surface area contributed by atoms with Gasteiger partial charge in [-0.3, -0.25) is 14.4 Å². The zero-order valence-electron chi connectivity index (χ0n) is 17.5. The van der Waals surface area contributed by atoms with Gasteiger partial charge in [0.1, 0.15) is 0 Å². The fourth-order valence-electron chi connectivity index (χ4n) is 4.13. The number of rotatable bonds is 4. The Bertz CT molecular complexity index is 923. The van der Waals surface area contributed by atoms with E-state index in [-0.39, 0.29) is 23.6 Å². The van der Waals surface area contributed by atoms with Gasteiger partial charge in [0, 0.05) is 51.3 Å². The van der Waals surface area contributed by atoms with Crippen molar-refractivity contribution in [3.05, 3.63) is 66.1 Å². The summed E-state index contributed by atoms with van der Waals surface area (Å²) in [7, 11) is 0. The minimum Gasteiger partial charge on any atom is -0.459 e. The number of nitrogens with zero attached hydrogens (tertiary/aromatic N) is 3. The number of benzene rings is 1. The first-order valence-corrected chi connectivity index (χ1v) is 10.8. The summed E-state index contributed by atoms with van der Waals surface area (Å²) >= 11 is 0. The third kappa shape index (κ3) is 5.05. The topological polar surface area (TPSA) is 74.1 Å². The average molecular weight is 421 g/mol. The van der Waals surface area contributed by atoms with Crippen LogP contribution < -0.4 is 0 Å². The van der Waals surface area contributed by atoms with Crippen molar-refractivity contribution in [2.45, 2.75) is 12.8 Å². The molecule has 0 N–H and O–H groups in total. The van der Waals surface area contributed by atoms with Crippen molar-refractivity contribution in [1.29, 1.82) is 0 Å². The van der Waals surface area contributed by atoms with Crippen LogP contribution in [0.25, 0.3) is 6.08 Å². The largest absolute Gasteiger partial charge is 0.459 e. The van der Waals surface area contributed by atoms with Crippen LogP contribution in [0.4, 0.5) is 0 Å². The van der Waals surface area contributed by atoms with Crippen molar-refractivity contribution in [3.63, 3.8) is 0 Å². The molecule has 0 radical (unpaired) electrons. The minimum absolute atomic E-state index is 0.0141. The van der Waals surface area contributed by atoms with Crippen molar-refractivity contribution in [2.75, 3.05) is 39.3 Å². The van der Waals surface area contributed by atoms with Gasteiger partial charge in [0.15, 0.2) is 5.76 Å². The monoisotopic (exact) mass is 421 g/mol. The van der Waals surface area contributed by atoms with Gasteiger partial charge in [-0.15, -0.1) is 0 Å². The zero-order chi connectivity index (χ0) is 21.6. The fraction of sp³-hybridized carbons (Fsp3) is 0.375. The molecule has 2 aliphatic heterocycles. The molecule has 1 aromatic carbocycles. The number of hydrogen-bond donors (Lipinski definition) is 0. The number of carbonyl (C=O) groups is 3. The Hall–Kier alpha value is -3.35. The van der Waals surface area contributed by atoms with E-state index in [4.69, 9.17) is 4.42 Å². The summed E-state index contributed by atoms with van der Waals surface area (Å²) in [5.74, 6) is 0.261. The summed E-state index contributed by atoms with van der Waals surface area (Å²) in [4.78, 5) is 43.1. The molecule has 1 aromatic heterocycles. The molecule has 162 valence electrons. The molecular weight excluding hydrogens is 394 g/mol. The maximum absolute atomic E-state index is 12.9. The summed E-state index contributed by atoms with van der Waals surface area (Å²) in [5, 5.41) is 0. The Balaban J connectivity index is 1.23. The molecule has 3 heterocycles. The zero-order valence-corrected chi connectivity index (χ0v) is 17.5. The summed E-state index contributed by atoms with van der Waals surface area (Å²) < 4.78 is 5.18. The quantitative estimate of drug-likeness (QED) is 0.711. The normalized spacial score (nSPS) is 17.9. The molecule has 7 nitrogen and oxygen atoms in total. The van der Waals surface area contributed by atoms with E-state index < -0.39 is 0 Å². The molecule has 3 amide bonds. The Kier molecular flexibility index (Phi) is 6.50. The van der Waals surface area contributed by atoms with Crippen molar-refractivity contribution in [1.82, 2.24) is 14.7 Å². The molecule has 0 saturated carbocycles. The van der Waals surface area contributed by atoms with E-state index in [1.54, 1.807) is 23.1 Å². The van der Waals surface area contributed by atoms with Crippen molar-refractivity contribution >= 4 is 23.8 Å². The van der Waals surface area contributed by atoms with Gasteiger partial charge in [0.05, 0.1) is 6.26 Å². The van der Waals surface area contributed by atoms with Crippen molar-refractivity contribution in [2.24, 2.45) is 5.92 Å². The molecule has 2 saturated heterocycles. The lowest BCUT2D eigenvalue weighted by atomic mass is 9.95. The third-order valence-electron chi connectivity index (χ3n) is 5.98. The van der Waals surface area contributed by atoms with Crippen LogP contribution in [0.1, 0.15) is 29.0 Å². The Labute approximate surface area is 181 Å². The van der Waals surface area contributed by atoms with Gasteiger partial charge >= 0.3 is 0 Å². The molecule has 4 rings (SSSR count). The van der Waals surface area contributed by atoms with Crippen LogP contribution in [0.3, 0.4) is 0 Å². The molecule has 31 heavy (non-hydrogen) atoms. The van der Waals surface area contributed by atoms with E-state index in [2.05, 4.69) is 0 Å². The Morgan fingerprint density at radius 1 is 0.806 bits per heavy atom. The standard InChI is InChI=1S/C24H27N3O4/c28-22(9-8-19-5-2-1-3-6-19)25-12-10-20(11-13-25)23(29)26-14-16-27(17-15-26)24(30)21-7-4-18-31-21/h1-9,18,20H,10-17H2. The van der Waals surface area contributed by atoms with Crippen LogP contribution in [0, 0.1) is 5.92 Å². The highest BCUT2D eigenvalue weighted by Crippen LogP contribution is 2.21. The van der Waals surface area contributed by atoms with Gasteiger partial charge in [-0.1, -0.05) is 30.3 Å². The molecule has 0 aliphatic carbocycles. The first-order valence-electron chi connectivity index (χ1n) is 10.8. The Morgan fingerprint density at radius 3 is 2.13 bits per heavy atom. The summed E-state index contributed by atoms with van der Waals surface area (Å²) in [6.45, 7) is 3.25. The predicted octanol–water partition coefficient (Wildman–Crippen LogP) is 2.52. The molecule has 2 aromatic rings. The van der Waals surface area contributed by atoms with Crippen LogP contribution >= 0.6 is 0 Å². The second kappa shape index (κ2) is 9.64. The predicted molar refractivity (Wildman–Crippen MR) is 116 cm³/mol. The molecule has 0 unspecified atom stereocenters. The third-order valence-corrected chi connectivity index (χ3v) is 5.98. The second-order valence-electron chi connectivity index (χ2n) is 7.94. The van der Waals surface area contributed by atoms with E-state index in [1.807, 2.05) is 46.2 Å². The molecule has 2 fully saturated rings. The molecule has 0 spiro atoms. The van der Waals surface area contributed by atoms with Crippen LogP contribution in [0.5, 0.6) is 0 Å². The van der Waals surface area contributed by atoms with Gasteiger partial charge in [-0.05, 0) is 36.6 Å². The number of piperidine rings is 1. The molecule has 0 bridgehead atoms. The van der Waals surface area contributed by atoms with Crippen LogP contribution in [-0.4, -0.2) is 71.7 Å². The number of amides is 3. The van der Waals surface area contributed by atoms with E-state index in [9.17, 15) is 14.4 Å². The first-order chi connectivity index (χ1) is 15.1. The molecular formula is C24H27N3O4. The number of likely N-dealkylation sites (tertiary alicyclic amines) is 1. The summed E-state index contributed by atoms with van der Waals surface area (Å²) in [5.41, 5.74) is 0.991. The minimum atomic E-state index is -0.132. The smallest absolute Gasteiger partial charge is 0.289 e. The van der Waals surface area contributed by atoms with Crippen molar-refractivity contribution in [3.8, 4) is 0 Å². The van der Waals surface area contributed by atoms with E-state index >= 15 is 0 Å². The molecule has 2 aliphatic rings. The summed E-state index contributed by atoms with van der Waals surface area (Å²) in [6.07, 6.45) is 6.27. The maximum atomic E-state index is 12.9. The highest BCUT2D eigenvalue weighted by Gasteiger charge is 2.32. The van der Waals surface area contributed by atoms with Crippen LogP contribution in [0.2, 0.25) is 0 Å². The molecule has 7 heteroatoms. The van der Waals surface area contributed by atoms with Crippen molar-refractivity contribution < 1.29 is 18.8 Å². The van der Waals surface area contributed by atoms with Crippen LogP contribution in [-0.2, 0) is 9.59 Å². The van der Waals surface area contributed by atoms with E-state index in [0.29, 0.717) is 57.9 Å². The van der Waals surface area contributed by atoms with E-state index in [0.717, 1.165) is 5.56 Å². The Morgan fingerprint density at radius 2 is 1.48 bits per heavy atom. The highest BCUT2D eigenvalue weighted by atomic mass is 16.3. The summed E-state index contributed by atoms with van der Waals surface area (Å²) in [6, 6.07) is 13.1. The van der Waals surface area contributed by atoms with Gasteiger partial charge in [-0.2, -0.15) is 0 Å².